The molecule has 2 aliphatic carbocycles. The van der Waals surface area contributed by atoms with Crippen molar-refractivity contribution in [2.45, 2.75) is 32.3 Å². The van der Waals surface area contributed by atoms with Gasteiger partial charge in [0.1, 0.15) is 5.75 Å². The van der Waals surface area contributed by atoms with Gasteiger partial charge in [-0.25, -0.2) is 0 Å². The largest absolute Gasteiger partial charge is 0.490 e. The minimum atomic E-state index is 0.423. The van der Waals surface area contributed by atoms with E-state index >= 15 is 0 Å². The molecule has 2 aromatic carbocycles. The highest BCUT2D eigenvalue weighted by Crippen LogP contribution is 2.57. The van der Waals surface area contributed by atoms with Crippen molar-refractivity contribution in [2.24, 2.45) is 17.8 Å². The lowest BCUT2D eigenvalue weighted by Crippen LogP contribution is -2.15. The van der Waals surface area contributed by atoms with Crippen LogP contribution in [0.25, 0.3) is 0 Å². The molecule has 120 valence electrons. The standard InChI is InChI=1S/C20H20BrClO/c1-12-18-10-17(11-19(12)18)23-16-5-2-13(3-6-16)8-14-9-15(21)4-7-20(14)22/h2-7,9,12,17-19H,8,10-11H2,1H3. The van der Waals surface area contributed by atoms with Crippen molar-refractivity contribution in [3.05, 3.63) is 63.1 Å². The molecular weight excluding hydrogens is 372 g/mol. The Morgan fingerprint density at radius 2 is 1.78 bits per heavy atom. The molecule has 0 heterocycles. The molecule has 0 N–H and O–H groups in total. The smallest absolute Gasteiger partial charge is 0.119 e. The van der Waals surface area contributed by atoms with Crippen molar-refractivity contribution in [3.63, 3.8) is 0 Å². The van der Waals surface area contributed by atoms with E-state index in [0.717, 1.165) is 45.0 Å². The van der Waals surface area contributed by atoms with Crippen molar-refractivity contribution in [2.75, 3.05) is 0 Å². The zero-order valence-electron chi connectivity index (χ0n) is 13.1. The second kappa shape index (κ2) is 6.14. The van der Waals surface area contributed by atoms with E-state index in [9.17, 15) is 0 Å². The molecule has 0 aliphatic heterocycles. The number of fused-ring (bicyclic) bond motifs is 1. The molecule has 0 saturated heterocycles. The Morgan fingerprint density at radius 3 is 2.48 bits per heavy atom. The van der Waals surface area contributed by atoms with E-state index in [2.05, 4.69) is 53.2 Å². The first-order valence-corrected chi connectivity index (χ1v) is 9.47. The predicted molar refractivity (Wildman–Crippen MR) is 98.2 cm³/mol. The third-order valence-corrected chi connectivity index (χ3v) is 6.32. The van der Waals surface area contributed by atoms with Gasteiger partial charge < -0.3 is 4.74 Å². The fraction of sp³-hybridized carbons (Fsp3) is 0.400. The zero-order valence-corrected chi connectivity index (χ0v) is 15.5. The van der Waals surface area contributed by atoms with E-state index in [1.54, 1.807) is 0 Å². The fourth-order valence-electron chi connectivity index (χ4n) is 3.99. The summed E-state index contributed by atoms with van der Waals surface area (Å²) >= 11 is 9.78. The molecule has 4 rings (SSSR count). The summed E-state index contributed by atoms with van der Waals surface area (Å²) < 4.78 is 7.20. The molecule has 2 atom stereocenters. The van der Waals surface area contributed by atoms with E-state index in [1.165, 1.54) is 18.4 Å². The third kappa shape index (κ3) is 3.29. The lowest BCUT2D eigenvalue weighted by molar-refractivity contribution is 0.188. The minimum Gasteiger partial charge on any atom is -0.490 e. The van der Waals surface area contributed by atoms with Gasteiger partial charge in [-0.05, 0) is 78.5 Å². The number of hydrogen-bond acceptors (Lipinski definition) is 1. The summed E-state index contributed by atoms with van der Waals surface area (Å²) in [5, 5.41) is 0.813. The summed E-state index contributed by atoms with van der Waals surface area (Å²) in [5.41, 5.74) is 2.39. The molecule has 2 saturated carbocycles. The summed E-state index contributed by atoms with van der Waals surface area (Å²) in [6.45, 7) is 2.37. The molecule has 0 aromatic heterocycles. The van der Waals surface area contributed by atoms with E-state index in [4.69, 9.17) is 16.3 Å². The molecule has 0 spiro atoms. The highest BCUT2D eigenvalue weighted by atomic mass is 79.9. The number of rotatable bonds is 4. The monoisotopic (exact) mass is 390 g/mol. The molecule has 3 heteroatoms. The zero-order chi connectivity index (χ0) is 16.0. The van der Waals surface area contributed by atoms with E-state index in [-0.39, 0.29) is 0 Å². The van der Waals surface area contributed by atoms with Gasteiger partial charge >= 0.3 is 0 Å². The Hall–Kier alpha value is -0.990. The Morgan fingerprint density at radius 1 is 1.09 bits per heavy atom. The van der Waals surface area contributed by atoms with Crippen LogP contribution < -0.4 is 4.74 Å². The van der Waals surface area contributed by atoms with Crippen LogP contribution in [-0.4, -0.2) is 6.10 Å². The molecule has 0 radical (unpaired) electrons. The summed E-state index contributed by atoms with van der Waals surface area (Å²) in [6.07, 6.45) is 3.73. The average molecular weight is 392 g/mol. The second-order valence-corrected chi connectivity index (χ2v) is 8.28. The normalized spacial score (nSPS) is 28.5. The average Bonchev–Trinajstić information content (AvgIpc) is 2.96. The van der Waals surface area contributed by atoms with Crippen LogP contribution in [0.3, 0.4) is 0 Å². The fourth-order valence-corrected chi connectivity index (χ4v) is 4.58. The topological polar surface area (TPSA) is 9.23 Å². The van der Waals surface area contributed by atoms with Gasteiger partial charge in [-0.3, -0.25) is 0 Å². The number of hydrogen-bond donors (Lipinski definition) is 0. The Labute approximate surface area is 151 Å². The molecule has 2 fully saturated rings. The van der Waals surface area contributed by atoms with Gasteiger partial charge in [-0.15, -0.1) is 0 Å². The molecule has 1 nitrogen and oxygen atoms in total. The highest BCUT2D eigenvalue weighted by molar-refractivity contribution is 9.10. The summed E-state index contributed by atoms with van der Waals surface area (Å²) in [6, 6.07) is 14.5. The van der Waals surface area contributed by atoms with Gasteiger partial charge in [0.2, 0.25) is 0 Å². The van der Waals surface area contributed by atoms with Gasteiger partial charge in [0.15, 0.2) is 0 Å². The molecular formula is C20H20BrClO. The van der Waals surface area contributed by atoms with Crippen molar-refractivity contribution >= 4 is 27.5 Å². The van der Waals surface area contributed by atoms with Gasteiger partial charge in [0, 0.05) is 9.50 Å². The van der Waals surface area contributed by atoms with Crippen molar-refractivity contribution in [1.29, 1.82) is 0 Å². The number of benzene rings is 2. The molecule has 2 unspecified atom stereocenters. The van der Waals surface area contributed by atoms with Crippen LogP contribution >= 0.6 is 27.5 Å². The maximum atomic E-state index is 6.27. The van der Waals surface area contributed by atoms with Gasteiger partial charge in [0.05, 0.1) is 6.10 Å². The summed E-state index contributed by atoms with van der Waals surface area (Å²) in [7, 11) is 0. The molecule has 2 aliphatic rings. The number of ether oxygens (including phenoxy) is 1. The van der Waals surface area contributed by atoms with Crippen LogP contribution in [0.4, 0.5) is 0 Å². The second-order valence-electron chi connectivity index (χ2n) is 6.95. The van der Waals surface area contributed by atoms with Gasteiger partial charge in [-0.1, -0.05) is 46.6 Å². The van der Waals surface area contributed by atoms with Crippen LogP contribution in [-0.2, 0) is 6.42 Å². The first-order chi connectivity index (χ1) is 11.1. The minimum absolute atomic E-state index is 0.423. The molecule has 23 heavy (non-hydrogen) atoms. The first-order valence-electron chi connectivity index (χ1n) is 8.29. The maximum Gasteiger partial charge on any atom is 0.119 e. The lowest BCUT2D eigenvalue weighted by atomic mass is 10.0. The third-order valence-electron chi connectivity index (χ3n) is 5.46. The predicted octanol–water partition coefficient (Wildman–Crippen LogP) is 6.12. The van der Waals surface area contributed by atoms with Crippen LogP contribution in [0.5, 0.6) is 5.75 Å². The molecule has 2 aromatic rings. The van der Waals surface area contributed by atoms with E-state index < -0.39 is 0 Å². The van der Waals surface area contributed by atoms with Crippen LogP contribution in [0.2, 0.25) is 5.02 Å². The van der Waals surface area contributed by atoms with E-state index in [0.29, 0.717) is 6.10 Å². The van der Waals surface area contributed by atoms with Crippen molar-refractivity contribution in [1.82, 2.24) is 0 Å². The lowest BCUT2D eigenvalue weighted by Gasteiger charge is -2.16. The first kappa shape index (κ1) is 15.5. The Bertz CT molecular complexity index is 700. The number of halogens is 2. The van der Waals surface area contributed by atoms with Gasteiger partial charge in [-0.2, -0.15) is 0 Å². The quantitative estimate of drug-likeness (QED) is 0.610. The van der Waals surface area contributed by atoms with Crippen LogP contribution in [0.15, 0.2) is 46.9 Å². The van der Waals surface area contributed by atoms with E-state index in [1.807, 2.05) is 12.1 Å². The van der Waals surface area contributed by atoms with Crippen molar-refractivity contribution in [3.8, 4) is 5.75 Å². The molecule has 0 bridgehead atoms. The Balaban J connectivity index is 1.39. The maximum absolute atomic E-state index is 6.27. The molecule has 0 amide bonds. The van der Waals surface area contributed by atoms with Crippen LogP contribution in [0.1, 0.15) is 30.9 Å². The Kier molecular flexibility index (Phi) is 4.15. The van der Waals surface area contributed by atoms with Crippen molar-refractivity contribution < 1.29 is 4.74 Å². The summed E-state index contributed by atoms with van der Waals surface area (Å²) in [4.78, 5) is 0. The summed E-state index contributed by atoms with van der Waals surface area (Å²) in [5.74, 6) is 3.79. The van der Waals surface area contributed by atoms with Gasteiger partial charge in [0.25, 0.3) is 0 Å². The SMILES string of the molecule is CC1C2CC(Oc3ccc(Cc4cc(Br)ccc4Cl)cc3)CC12. The van der Waals surface area contributed by atoms with Crippen LogP contribution in [0, 0.1) is 17.8 Å². The highest BCUT2D eigenvalue weighted by Gasteiger charge is 2.53.